The van der Waals surface area contributed by atoms with E-state index in [2.05, 4.69) is 31.3 Å². The average Bonchev–Trinajstić information content (AvgIpc) is 3.41. The fourth-order valence-corrected chi connectivity index (χ4v) is 3.78. The van der Waals surface area contributed by atoms with Gasteiger partial charge in [0.15, 0.2) is 5.82 Å². The van der Waals surface area contributed by atoms with Gasteiger partial charge < -0.3 is 20.1 Å². The number of fused-ring (bicyclic) bond motifs is 1. The molecule has 3 N–H and O–H groups in total. The fourth-order valence-electron chi connectivity index (χ4n) is 3.78. The van der Waals surface area contributed by atoms with Crippen LogP contribution in [0.25, 0.3) is 0 Å². The van der Waals surface area contributed by atoms with E-state index in [1.165, 1.54) is 4.90 Å². The number of nitrogens with zero attached hydrogens (tertiary/aromatic N) is 4. The Kier molecular flexibility index (Phi) is 8.14. The van der Waals surface area contributed by atoms with E-state index in [1.54, 1.807) is 59.7 Å². The Hall–Kier alpha value is -4.03. The Morgan fingerprint density at radius 3 is 2.38 bits per heavy atom. The number of anilines is 1. The number of carbonyl (C=O) groups is 4. The Morgan fingerprint density at radius 1 is 1.08 bits per heavy atom. The largest absolute Gasteiger partial charge is 0.460 e. The molecular formula is C24H33N7O6. The number of nitrogens with one attached hydrogen (secondary N) is 3. The molecule has 37 heavy (non-hydrogen) atoms. The number of amides is 3. The van der Waals surface area contributed by atoms with Gasteiger partial charge in [0.1, 0.15) is 23.3 Å². The second-order valence-corrected chi connectivity index (χ2v) is 10.6. The number of ether oxygens (including phenoxy) is 2. The minimum Gasteiger partial charge on any atom is -0.460 e. The van der Waals surface area contributed by atoms with Crippen molar-refractivity contribution in [2.24, 2.45) is 0 Å². The van der Waals surface area contributed by atoms with Crippen molar-refractivity contribution in [1.82, 2.24) is 31.3 Å². The number of hydrogen-bond donors (Lipinski definition) is 3. The molecule has 3 rings (SSSR count). The molecule has 2 atom stereocenters. The zero-order valence-electron chi connectivity index (χ0n) is 21.8. The second-order valence-electron chi connectivity index (χ2n) is 10.6. The van der Waals surface area contributed by atoms with Crippen molar-refractivity contribution in [2.45, 2.75) is 84.2 Å². The lowest BCUT2D eigenvalue weighted by atomic mass is 10.1. The molecule has 1 aliphatic heterocycles. The summed E-state index contributed by atoms with van der Waals surface area (Å²) in [5.41, 5.74) is -0.355. The number of tetrazole rings is 1. The summed E-state index contributed by atoms with van der Waals surface area (Å²) < 4.78 is 10.7. The van der Waals surface area contributed by atoms with Crippen LogP contribution in [0.5, 0.6) is 0 Å². The highest BCUT2D eigenvalue weighted by Gasteiger charge is 2.42. The minimum absolute atomic E-state index is 0.00169. The van der Waals surface area contributed by atoms with Gasteiger partial charge in [0, 0.05) is 12.1 Å². The molecule has 1 aromatic carbocycles. The Balaban J connectivity index is 1.88. The van der Waals surface area contributed by atoms with Gasteiger partial charge in [0.25, 0.3) is 5.91 Å². The SMILES string of the molecule is CC(C)(C)OC(=O)C[C@@H](NC(=O)OC(C)(C)C)C(=O)N1c2ccccc2C[C@H]1C(=O)NCc1nn[nH]n1. The number of esters is 1. The van der Waals surface area contributed by atoms with Crippen molar-refractivity contribution in [2.75, 3.05) is 4.90 Å². The number of hydrogen-bond acceptors (Lipinski definition) is 9. The van der Waals surface area contributed by atoms with Gasteiger partial charge >= 0.3 is 12.1 Å². The third-order valence-electron chi connectivity index (χ3n) is 5.11. The van der Waals surface area contributed by atoms with Crippen LogP contribution in [-0.2, 0) is 36.8 Å². The minimum atomic E-state index is -1.34. The maximum Gasteiger partial charge on any atom is 0.408 e. The molecule has 0 radical (unpaired) electrons. The molecule has 13 heteroatoms. The first-order chi connectivity index (χ1) is 17.2. The monoisotopic (exact) mass is 515 g/mol. The van der Waals surface area contributed by atoms with Crippen LogP contribution in [-0.4, -0.2) is 67.8 Å². The summed E-state index contributed by atoms with van der Waals surface area (Å²) in [6.45, 7) is 10.1. The number of rotatable bonds is 7. The molecule has 0 aliphatic carbocycles. The van der Waals surface area contributed by atoms with Gasteiger partial charge in [-0.05, 0) is 53.2 Å². The standard InChI is InChI=1S/C24H33N7O6/c1-23(2,3)36-19(32)12-15(26-22(35)37-24(4,5)6)21(34)31-16-10-8-7-9-14(16)11-17(31)20(33)25-13-18-27-29-30-28-18/h7-10,15,17H,11-13H2,1-6H3,(H,25,33)(H,26,35)(H,27,28,29,30)/t15-,17+/m1/s1. The first kappa shape index (κ1) is 27.6. The molecule has 0 saturated carbocycles. The molecule has 13 nitrogen and oxygen atoms in total. The van der Waals surface area contributed by atoms with Crippen LogP contribution in [0.15, 0.2) is 24.3 Å². The van der Waals surface area contributed by atoms with Crippen molar-refractivity contribution < 1.29 is 28.7 Å². The molecule has 200 valence electrons. The molecule has 0 fully saturated rings. The predicted molar refractivity (Wildman–Crippen MR) is 131 cm³/mol. The lowest BCUT2D eigenvalue weighted by molar-refractivity contribution is -0.156. The van der Waals surface area contributed by atoms with E-state index in [4.69, 9.17) is 9.47 Å². The van der Waals surface area contributed by atoms with Gasteiger partial charge in [0.2, 0.25) is 5.91 Å². The summed E-state index contributed by atoms with van der Waals surface area (Å²) >= 11 is 0. The fraction of sp³-hybridized carbons (Fsp3) is 0.542. The van der Waals surface area contributed by atoms with E-state index in [-0.39, 0.29) is 18.8 Å². The number of para-hydroxylation sites is 1. The number of aromatic nitrogens is 4. The van der Waals surface area contributed by atoms with Crippen LogP contribution in [0.1, 0.15) is 59.4 Å². The van der Waals surface area contributed by atoms with E-state index < -0.39 is 53.6 Å². The first-order valence-electron chi connectivity index (χ1n) is 11.9. The molecule has 1 aliphatic rings. The van der Waals surface area contributed by atoms with E-state index in [0.717, 1.165) is 5.56 Å². The summed E-state index contributed by atoms with van der Waals surface area (Å²) in [6.07, 6.45) is -1.09. The van der Waals surface area contributed by atoms with Gasteiger partial charge in [-0.1, -0.05) is 23.4 Å². The van der Waals surface area contributed by atoms with E-state index in [1.807, 2.05) is 6.07 Å². The first-order valence-corrected chi connectivity index (χ1v) is 11.9. The highest BCUT2D eigenvalue weighted by molar-refractivity contribution is 6.07. The van der Waals surface area contributed by atoms with Gasteiger partial charge in [-0.3, -0.25) is 19.3 Å². The van der Waals surface area contributed by atoms with Gasteiger partial charge in [0.05, 0.1) is 13.0 Å². The van der Waals surface area contributed by atoms with E-state index in [9.17, 15) is 19.2 Å². The van der Waals surface area contributed by atoms with Crippen molar-refractivity contribution >= 4 is 29.6 Å². The van der Waals surface area contributed by atoms with E-state index >= 15 is 0 Å². The summed E-state index contributed by atoms with van der Waals surface area (Å²) in [5.74, 6) is -1.52. The van der Waals surface area contributed by atoms with Crippen molar-refractivity contribution in [3.8, 4) is 0 Å². The molecule has 0 saturated heterocycles. The number of alkyl carbamates (subject to hydrolysis) is 1. The zero-order valence-corrected chi connectivity index (χ0v) is 21.8. The summed E-state index contributed by atoms with van der Waals surface area (Å²) in [6, 6.07) is 4.78. The number of H-pyrrole nitrogens is 1. The maximum atomic E-state index is 13.9. The normalized spacial score (nSPS) is 15.9. The molecule has 0 spiro atoms. The van der Waals surface area contributed by atoms with Gasteiger partial charge in [-0.2, -0.15) is 5.21 Å². The van der Waals surface area contributed by atoms with Crippen LogP contribution < -0.4 is 15.5 Å². The molecular weight excluding hydrogens is 482 g/mol. The molecule has 0 unspecified atom stereocenters. The molecule has 3 amide bonds. The van der Waals surface area contributed by atoms with Crippen LogP contribution >= 0.6 is 0 Å². The zero-order chi connectivity index (χ0) is 27.4. The third kappa shape index (κ3) is 7.72. The Labute approximate surface area is 214 Å². The summed E-state index contributed by atoms with van der Waals surface area (Å²) in [7, 11) is 0. The smallest absolute Gasteiger partial charge is 0.408 e. The van der Waals surface area contributed by atoms with Crippen LogP contribution in [0.3, 0.4) is 0 Å². The van der Waals surface area contributed by atoms with Crippen molar-refractivity contribution in [3.05, 3.63) is 35.7 Å². The Morgan fingerprint density at radius 2 is 1.76 bits per heavy atom. The lowest BCUT2D eigenvalue weighted by Gasteiger charge is -2.30. The Bertz CT molecular complexity index is 1110. The van der Waals surface area contributed by atoms with Crippen LogP contribution in [0.2, 0.25) is 0 Å². The van der Waals surface area contributed by atoms with Gasteiger partial charge in [-0.15, -0.1) is 10.2 Å². The van der Waals surface area contributed by atoms with Crippen molar-refractivity contribution in [3.63, 3.8) is 0 Å². The van der Waals surface area contributed by atoms with Crippen molar-refractivity contribution in [1.29, 1.82) is 0 Å². The number of benzene rings is 1. The maximum absolute atomic E-state index is 13.9. The van der Waals surface area contributed by atoms with E-state index in [0.29, 0.717) is 5.69 Å². The average molecular weight is 516 g/mol. The summed E-state index contributed by atoms with van der Waals surface area (Å²) in [4.78, 5) is 53.6. The lowest BCUT2D eigenvalue weighted by Crippen LogP contribution is -2.56. The highest BCUT2D eigenvalue weighted by Crippen LogP contribution is 2.33. The second kappa shape index (κ2) is 10.9. The number of carbonyl (C=O) groups excluding carboxylic acids is 4. The van der Waals surface area contributed by atoms with Gasteiger partial charge in [-0.25, -0.2) is 4.79 Å². The molecule has 1 aromatic heterocycles. The molecule has 2 aromatic rings. The summed E-state index contributed by atoms with van der Waals surface area (Å²) in [5, 5.41) is 18.6. The molecule has 0 bridgehead atoms. The van der Waals surface area contributed by atoms with Crippen LogP contribution in [0, 0.1) is 0 Å². The highest BCUT2D eigenvalue weighted by atomic mass is 16.6. The third-order valence-corrected chi connectivity index (χ3v) is 5.11. The quantitative estimate of drug-likeness (QED) is 0.461. The topological polar surface area (TPSA) is 168 Å². The van der Waals surface area contributed by atoms with Crippen LogP contribution in [0.4, 0.5) is 10.5 Å². The number of aromatic amines is 1. The molecule has 2 heterocycles. The predicted octanol–water partition coefficient (Wildman–Crippen LogP) is 1.40.